The highest BCUT2D eigenvalue weighted by molar-refractivity contribution is 5.78. The molecule has 1 amide bonds. The fraction of sp³-hybridized carbons (Fsp3) is 0.350. The van der Waals surface area contributed by atoms with Crippen molar-refractivity contribution in [3.63, 3.8) is 0 Å². The second kappa shape index (κ2) is 6.95. The molecule has 2 aromatic rings. The summed E-state index contributed by atoms with van der Waals surface area (Å²) in [5.74, 6) is 1.52. The molecule has 0 atom stereocenters. The third-order valence-corrected chi connectivity index (χ3v) is 4.68. The first-order valence-corrected chi connectivity index (χ1v) is 8.20. The Kier molecular flexibility index (Phi) is 4.74. The quantitative estimate of drug-likeness (QED) is 0.851. The van der Waals surface area contributed by atoms with Crippen LogP contribution in [0, 0.1) is 0 Å². The first kappa shape index (κ1) is 16.4. The number of nitrogens with one attached hydrogen (secondary N) is 1. The van der Waals surface area contributed by atoms with Crippen LogP contribution < -0.4 is 14.8 Å². The monoisotopic (exact) mass is 325 g/mol. The van der Waals surface area contributed by atoms with E-state index < -0.39 is 0 Å². The van der Waals surface area contributed by atoms with Crippen LogP contribution in [0.5, 0.6) is 11.5 Å². The number of ether oxygens (including phenoxy) is 2. The molecule has 0 radical (unpaired) electrons. The number of methoxy groups -OCH3 is 2. The molecule has 126 valence electrons. The van der Waals surface area contributed by atoms with E-state index in [-0.39, 0.29) is 11.3 Å². The van der Waals surface area contributed by atoms with Gasteiger partial charge < -0.3 is 14.8 Å². The summed E-state index contributed by atoms with van der Waals surface area (Å²) in [7, 11) is 3.27. The number of carbonyl (C=O) groups is 1. The van der Waals surface area contributed by atoms with Crippen molar-refractivity contribution in [2.75, 3.05) is 20.8 Å². The van der Waals surface area contributed by atoms with Crippen LogP contribution in [-0.4, -0.2) is 26.7 Å². The average molecular weight is 325 g/mol. The zero-order valence-corrected chi connectivity index (χ0v) is 14.2. The minimum Gasteiger partial charge on any atom is -0.493 e. The Morgan fingerprint density at radius 1 is 1.04 bits per heavy atom. The second-order valence-corrected chi connectivity index (χ2v) is 6.29. The Morgan fingerprint density at radius 2 is 1.75 bits per heavy atom. The van der Waals surface area contributed by atoms with E-state index in [9.17, 15) is 4.79 Å². The fourth-order valence-electron chi connectivity index (χ4n) is 3.00. The van der Waals surface area contributed by atoms with E-state index in [2.05, 4.69) is 11.4 Å². The summed E-state index contributed by atoms with van der Waals surface area (Å²) in [4.78, 5) is 12.2. The molecule has 2 aromatic carbocycles. The number of amides is 1. The number of benzene rings is 2. The van der Waals surface area contributed by atoms with Crippen molar-refractivity contribution in [1.29, 1.82) is 0 Å². The third kappa shape index (κ3) is 3.53. The number of carbonyl (C=O) groups excluding carboxylic acids is 1. The highest BCUT2D eigenvalue weighted by Crippen LogP contribution is 2.49. The molecule has 0 bridgehead atoms. The largest absolute Gasteiger partial charge is 0.493 e. The van der Waals surface area contributed by atoms with Crippen LogP contribution >= 0.6 is 0 Å². The van der Waals surface area contributed by atoms with Crippen LogP contribution in [0.3, 0.4) is 0 Å². The molecule has 1 fully saturated rings. The molecular weight excluding hydrogens is 302 g/mol. The molecule has 0 aromatic heterocycles. The molecule has 1 aliphatic rings. The average Bonchev–Trinajstić information content (AvgIpc) is 3.41. The molecule has 1 N–H and O–H groups in total. The third-order valence-electron chi connectivity index (χ3n) is 4.68. The SMILES string of the molecule is COc1ccc(C2(CNC(=O)Cc3ccccc3)CC2)cc1OC. The van der Waals surface area contributed by atoms with Gasteiger partial charge >= 0.3 is 0 Å². The number of hydrogen-bond acceptors (Lipinski definition) is 3. The van der Waals surface area contributed by atoms with E-state index in [4.69, 9.17) is 9.47 Å². The Morgan fingerprint density at radius 3 is 2.38 bits per heavy atom. The first-order chi connectivity index (χ1) is 11.7. The van der Waals surface area contributed by atoms with Gasteiger partial charge in [-0.1, -0.05) is 36.4 Å². The summed E-state index contributed by atoms with van der Waals surface area (Å²) in [5, 5.41) is 3.09. The summed E-state index contributed by atoms with van der Waals surface area (Å²) >= 11 is 0. The summed E-state index contributed by atoms with van der Waals surface area (Å²) in [6, 6.07) is 15.8. The van der Waals surface area contributed by atoms with Crippen LogP contribution in [0.1, 0.15) is 24.0 Å². The Balaban J connectivity index is 1.63. The van der Waals surface area contributed by atoms with Crippen molar-refractivity contribution >= 4 is 5.91 Å². The highest BCUT2D eigenvalue weighted by atomic mass is 16.5. The molecular formula is C20H23NO3. The highest BCUT2D eigenvalue weighted by Gasteiger charge is 2.44. The van der Waals surface area contributed by atoms with Crippen molar-refractivity contribution in [2.24, 2.45) is 0 Å². The van der Waals surface area contributed by atoms with E-state index in [0.29, 0.717) is 13.0 Å². The predicted molar refractivity (Wildman–Crippen MR) is 93.6 cm³/mol. The lowest BCUT2D eigenvalue weighted by atomic mass is 9.95. The van der Waals surface area contributed by atoms with Crippen molar-refractivity contribution in [2.45, 2.75) is 24.7 Å². The molecule has 0 heterocycles. The number of hydrogen-bond donors (Lipinski definition) is 1. The fourth-order valence-corrected chi connectivity index (χ4v) is 3.00. The van der Waals surface area contributed by atoms with Crippen molar-refractivity contribution in [1.82, 2.24) is 5.32 Å². The van der Waals surface area contributed by atoms with Gasteiger partial charge in [0.05, 0.1) is 20.6 Å². The smallest absolute Gasteiger partial charge is 0.224 e. The molecule has 4 heteroatoms. The predicted octanol–water partition coefficient (Wildman–Crippen LogP) is 3.09. The standard InChI is InChI=1S/C20H23NO3/c1-23-17-9-8-16(13-18(17)24-2)20(10-11-20)14-21-19(22)12-15-6-4-3-5-7-15/h3-9,13H,10-12,14H2,1-2H3,(H,21,22). The maximum absolute atomic E-state index is 12.2. The van der Waals surface area contributed by atoms with Gasteiger partial charge in [-0.15, -0.1) is 0 Å². The molecule has 1 aliphatic carbocycles. The van der Waals surface area contributed by atoms with Gasteiger partial charge in [-0.2, -0.15) is 0 Å². The molecule has 3 rings (SSSR count). The summed E-state index contributed by atoms with van der Waals surface area (Å²) < 4.78 is 10.7. The van der Waals surface area contributed by atoms with Gasteiger partial charge in [0, 0.05) is 12.0 Å². The van der Waals surface area contributed by atoms with Gasteiger partial charge in [0.2, 0.25) is 5.91 Å². The summed E-state index contributed by atoms with van der Waals surface area (Å²) in [5.41, 5.74) is 2.26. The van der Waals surface area contributed by atoms with Gasteiger partial charge in [-0.25, -0.2) is 0 Å². The van der Waals surface area contributed by atoms with Crippen LogP contribution in [0.4, 0.5) is 0 Å². The lowest BCUT2D eigenvalue weighted by Crippen LogP contribution is -2.33. The van der Waals surface area contributed by atoms with Crippen LogP contribution in [0.2, 0.25) is 0 Å². The van der Waals surface area contributed by atoms with Crippen LogP contribution in [0.25, 0.3) is 0 Å². The Bertz CT molecular complexity index is 708. The molecule has 0 saturated heterocycles. The number of rotatable bonds is 7. The van der Waals surface area contributed by atoms with Gasteiger partial charge in [0.25, 0.3) is 0 Å². The van der Waals surface area contributed by atoms with E-state index in [1.807, 2.05) is 42.5 Å². The van der Waals surface area contributed by atoms with Crippen molar-refractivity contribution in [3.8, 4) is 11.5 Å². The topological polar surface area (TPSA) is 47.6 Å². The molecule has 0 unspecified atom stereocenters. The Labute approximate surface area is 142 Å². The summed E-state index contributed by atoms with van der Waals surface area (Å²) in [6.07, 6.45) is 2.57. The van der Waals surface area contributed by atoms with Crippen molar-refractivity contribution < 1.29 is 14.3 Å². The van der Waals surface area contributed by atoms with E-state index in [0.717, 1.165) is 29.9 Å². The zero-order chi connectivity index (χ0) is 17.0. The van der Waals surface area contributed by atoms with Gasteiger partial charge in [0.15, 0.2) is 11.5 Å². The van der Waals surface area contributed by atoms with E-state index in [1.54, 1.807) is 14.2 Å². The lowest BCUT2D eigenvalue weighted by Gasteiger charge is -2.18. The van der Waals surface area contributed by atoms with Crippen molar-refractivity contribution in [3.05, 3.63) is 59.7 Å². The van der Waals surface area contributed by atoms with Gasteiger partial charge in [0.1, 0.15) is 0 Å². The molecule has 0 spiro atoms. The first-order valence-electron chi connectivity index (χ1n) is 8.20. The zero-order valence-electron chi connectivity index (χ0n) is 14.2. The maximum Gasteiger partial charge on any atom is 0.224 e. The Hall–Kier alpha value is -2.49. The molecule has 0 aliphatic heterocycles. The van der Waals surface area contributed by atoms with Gasteiger partial charge in [-0.3, -0.25) is 4.79 Å². The van der Waals surface area contributed by atoms with Gasteiger partial charge in [-0.05, 0) is 36.1 Å². The van der Waals surface area contributed by atoms with Crippen LogP contribution in [-0.2, 0) is 16.6 Å². The van der Waals surface area contributed by atoms with E-state index >= 15 is 0 Å². The summed E-state index contributed by atoms with van der Waals surface area (Å²) in [6.45, 7) is 0.661. The minimum absolute atomic E-state index is 0.0336. The lowest BCUT2D eigenvalue weighted by molar-refractivity contribution is -0.120. The normalized spacial score (nSPS) is 14.8. The van der Waals surface area contributed by atoms with Crippen LogP contribution in [0.15, 0.2) is 48.5 Å². The van der Waals surface area contributed by atoms with E-state index in [1.165, 1.54) is 5.56 Å². The maximum atomic E-state index is 12.2. The second-order valence-electron chi connectivity index (χ2n) is 6.29. The molecule has 24 heavy (non-hydrogen) atoms. The molecule has 4 nitrogen and oxygen atoms in total. The minimum atomic E-state index is 0.0336. The molecule has 1 saturated carbocycles.